The van der Waals surface area contributed by atoms with E-state index in [-0.39, 0.29) is 12.5 Å². The van der Waals surface area contributed by atoms with Crippen LogP contribution in [0.2, 0.25) is 0 Å². The molecule has 0 aliphatic heterocycles. The molecule has 112 valence electrons. The highest BCUT2D eigenvalue weighted by Gasteiger charge is 2.08. The monoisotopic (exact) mass is 302 g/mol. The fourth-order valence-electron chi connectivity index (χ4n) is 2.34. The third-order valence-corrected chi connectivity index (χ3v) is 3.43. The lowest BCUT2D eigenvalue weighted by atomic mass is 10.1. The number of carbonyl (C=O) groups is 1. The van der Waals surface area contributed by atoms with E-state index in [2.05, 4.69) is 5.32 Å². The summed E-state index contributed by atoms with van der Waals surface area (Å²) in [5.74, 6) is 0.354. The van der Waals surface area contributed by atoms with Crippen LogP contribution in [0.5, 0.6) is 5.75 Å². The number of amides is 1. The van der Waals surface area contributed by atoms with Gasteiger partial charge in [-0.25, -0.2) is 0 Å². The Labute approximate surface area is 133 Å². The number of hydrogen-bond donors (Lipinski definition) is 1. The van der Waals surface area contributed by atoms with Crippen molar-refractivity contribution in [3.63, 3.8) is 0 Å². The van der Waals surface area contributed by atoms with Crippen molar-refractivity contribution in [1.29, 1.82) is 5.26 Å². The minimum atomic E-state index is -0.305. The Kier molecular flexibility index (Phi) is 4.21. The molecule has 3 aromatic rings. The van der Waals surface area contributed by atoms with Crippen molar-refractivity contribution in [2.75, 3.05) is 11.9 Å². The first kappa shape index (κ1) is 14.6. The van der Waals surface area contributed by atoms with Gasteiger partial charge in [0.25, 0.3) is 5.91 Å². The fraction of sp³-hybridized carbons (Fsp3) is 0.0526. The maximum absolute atomic E-state index is 12.0. The Morgan fingerprint density at radius 3 is 2.61 bits per heavy atom. The molecule has 0 bridgehead atoms. The standard InChI is InChI=1S/C19H14N2O2/c20-12-15-7-2-4-10-17(15)21-19(22)13-23-18-11-5-8-14-6-1-3-9-16(14)18/h1-11H,13H2,(H,21,22). The van der Waals surface area contributed by atoms with E-state index in [4.69, 9.17) is 10.00 Å². The zero-order valence-corrected chi connectivity index (χ0v) is 12.3. The number of carbonyl (C=O) groups excluding carboxylic acids is 1. The van der Waals surface area contributed by atoms with Gasteiger partial charge in [0.1, 0.15) is 11.8 Å². The van der Waals surface area contributed by atoms with Gasteiger partial charge in [0, 0.05) is 5.39 Å². The first-order chi connectivity index (χ1) is 11.3. The Morgan fingerprint density at radius 1 is 1.00 bits per heavy atom. The summed E-state index contributed by atoms with van der Waals surface area (Å²) in [6.45, 7) is -0.117. The molecule has 0 saturated heterocycles. The molecule has 0 fully saturated rings. The molecule has 0 aromatic heterocycles. The molecule has 3 rings (SSSR count). The van der Waals surface area contributed by atoms with Crippen molar-refractivity contribution < 1.29 is 9.53 Å². The fourth-order valence-corrected chi connectivity index (χ4v) is 2.34. The number of nitrogens with zero attached hydrogens (tertiary/aromatic N) is 1. The Hall–Kier alpha value is -3.32. The molecule has 4 heteroatoms. The lowest BCUT2D eigenvalue weighted by Gasteiger charge is -2.10. The van der Waals surface area contributed by atoms with Crippen molar-refractivity contribution in [3.05, 3.63) is 72.3 Å². The normalized spacial score (nSPS) is 10.0. The number of anilines is 1. The molecule has 0 unspecified atom stereocenters. The zero-order valence-electron chi connectivity index (χ0n) is 12.3. The smallest absolute Gasteiger partial charge is 0.262 e. The molecular formula is C19H14N2O2. The lowest BCUT2D eigenvalue weighted by Crippen LogP contribution is -2.20. The predicted molar refractivity (Wildman–Crippen MR) is 89.2 cm³/mol. The van der Waals surface area contributed by atoms with Gasteiger partial charge in [0.05, 0.1) is 11.3 Å². The number of fused-ring (bicyclic) bond motifs is 1. The first-order valence-corrected chi connectivity index (χ1v) is 7.17. The Morgan fingerprint density at radius 2 is 1.74 bits per heavy atom. The molecule has 23 heavy (non-hydrogen) atoms. The highest BCUT2D eigenvalue weighted by molar-refractivity contribution is 5.94. The van der Waals surface area contributed by atoms with Gasteiger partial charge < -0.3 is 10.1 Å². The summed E-state index contributed by atoms with van der Waals surface area (Å²) < 4.78 is 5.63. The average molecular weight is 302 g/mol. The first-order valence-electron chi connectivity index (χ1n) is 7.17. The second-order valence-corrected chi connectivity index (χ2v) is 4.97. The minimum Gasteiger partial charge on any atom is -0.483 e. The van der Waals surface area contributed by atoms with E-state index in [0.29, 0.717) is 17.0 Å². The molecule has 0 atom stereocenters. The molecule has 1 N–H and O–H groups in total. The highest BCUT2D eigenvalue weighted by Crippen LogP contribution is 2.25. The number of ether oxygens (including phenoxy) is 1. The van der Waals surface area contributed by atoms with Gasteiger partial charge in [-0.3, -0.25) is 4.79 Å². The van der Waals surface area contributed by atoms with E-state index in [1.807, 2.05) is 48.5 Å². The SMILES string of the molecule is N#Cc1ccccc1NC(=O)COc1cccc2ccccc12. The van der Waals surface area contributed by atoms with Crippen LogP contribution in [0.25, 0.3) is 10.8 Å². The molecular weight excluding hydrogens is 288 g/mol. The van der Waals surface area contributed by atoms with Crippen molar-refractivity contribution in [2.45, 2.75) is 0 Å². The lowest BCUT2D eigenvalue weighted by molar-refractivity contribution is -0.118. The van der Waals surface area contributed by atoms with Crippen LogP contribution in [0.15, 0.2) is 66.7 Å². The van der Waals surface area contributed by atoms with Crippen LogP contribution in [-0.4, -0.2) is 12.5 Å². The molecule has 0 heterocycles. The third kappa shape index (κ3) is 3.30. The Balaban J connectivity index is 1.70. The van der Waals surface area contributed by atoms with E-state index in [0.717, 1.165) is 10.8 Å². The number of nitriles is 1. The van der Waals surface area contributed by atoms with Crippen LogP contribution in [0.3, 0.4) is 0 Å². The summed E-state index contributed by atoms with van der Waals surface area (Å²) in [4.78, 5) is 12.0. The van der Waals surface area contributed by atoms with Gasteiger partial charge in [-0.15, -0.1) is 0 Å². The number of nitrogens with one attached hydrogen (secondary N) is 1. The van der Waals surface area contributed by atoms with Crippen LogP contribution in [0, 0.1) is 11.3 Å². The van der Waals surface area contributed by atoms with E-state index in [1.165, 1.54) is 0 Å². The molecule has 0 saturated carbocycles. The van der Waals surface area contributed by atoms with Crippen LogP contribution in [0.4, 0.5) is 5.69 Å². The van der Waals surface area contributed by atoms with Gasteiger partial charge in [-0.05, 0) is 23.6 Å². The number of hydrogen-bond acceptors (Lipinski definition) is 3. The summed E-state index contributed by atoms with van der Waals surface area (Å²) in [6.07, 6.45) is 0. The van der Waals surface area contributed by atoms with Crippen molar-refractivity contribution >= 4 is 22.4 Å². The van der Waals surface area contributed by atoms with Crippen molar-refractivity contribution in [1.82, 2.24) is 0 Å². The summed E-state index contributed by atoms with van der Waals surface area (Å²) in [6, 6.07) is 22.4. The maximum atomic E-state index is 12.0. The van der Waals surface area contributed by atoms with E-state index in [1.54, 1.807) is 24.3 Å². The second kappa shape index (κ2) is 6.63. The molecule has 1 amide bonds. The van der Waals surface area contributed by atoms with Gasteiger partial charge in [0.2, 0.25) is 0 Å². The number of para-hydroxylation sites is 1. The van der Waals surface area contributed by atoms with Crippen LogP contribution >= 0.6 is 0 Å². The van der Waals surface area contributed by atoms with Crippen LogP contribution in [-0.2, 0) is 4.79 Å². The van der Waals surface area contributed by atoms with Gasteiger partial charge >= 0.3 is 0 Å². The van der Waals surface area contributed by atoms with Gasteiger partial charge in [-0.2, -0.15) is 5.26 Å². The van der Waals surface area contributed by atoms with Gasteiger partial charge in [-0.1, -0.05) is 48.5 Å². The summed E-state index contributed by atoms with van der Waals surface area (Å²) >= 11 is 0. The largest absolute Gasteiger partial charge is 0.483 e. The van der Waals surface area contributed by atoms with E-state index in [9.17, 15) is 4.79 Å². The summed E-state index contributed by atoms with van der Waals surface area (Å²) in [5, 5.41) is 13.7. The average Bonchev–Trinajstić information content (AvgIpc) is 2.60. The zero-order chi connectivity index (χ0) is 16.1. The van der Waals surface area contributed by atoms with Crippen molar-refractivity contribution in [2.24, 2.45) is 0 Å². The molecule has 3 aromatic carbocycles. The molecule has 0 aliphatic carbocycles. The van der Waals surface area contributed by atoms with Crippen molar-refractivity contribution in [3.8, 4) is 11.8 Å². The maximum Gasteiger partial charge on any atom is 0.262 e. The topological polar surface area (TPSA) is 62.1 Å². The van der Waals surface area contributed by atoms with Crippen LogP contribution < -0.4 is 10.1 Å². The van der Waals surface area contributed by atoms with E-state index >= 15 is 0 Å². The predicted octanol–water partition coefficient (Wildman–Crippen LogP) is 3.73. The van der Waals surface area contributed by atoms with Gasteiger partial charge in [0.15, 0.2) is 6.61 Å². The third-order valence-electron chi connectivity index (χ3n) is 3.43. The quantitative estimate of drug-likeness (QED) is 0.798. The summed E-state index contributed by atoms with van der Waals surface area (Å²) in [5.41, 5.74) is 0.910. The second-order valence-electron chi connectivity index (χ2n) is 4.97. The van der Waals surface area contributed by atoms with E-state index < -0.39 is 0 Å². The molecule has 0 spiro atoms. The van der Waals surface area contributed by atoms with Crippen LogP contribution in [0.1, 0.15) is 5.56 Å². The molecule has 4 nitrogen and oxygen atoms in total. The minimum absolute atomic E-state index is 0.117. The number of rotatable bonds is 4. The number of benzene rings is 3. The highest BCUT2D eigenvalue weighted by atomic mass is 16.5. The molecule has 0 aliphatic rings. The molecule has 0 radical (unpaired) electrons. The summed E-state index contributed by atoms with van der Waals surface area (Å²) in [7, 11) is 0. The Bertz CT molecular complexity index is 892.